The summed E-state index contributed by atoms with van der Waals surface area (Å²) in [6.45, 7) is 5.16. The lowest BCUT2D eigenvalue weighted by Gasteiger charge is -2.38. The van der Waals surface area contributed by atoms with E-state index in [0.29, 0.717) is 30.2 Å². The maximum Gasteiger partial charge on any atom is 0.339 e. The Morgan fingerprint density at radius 2 is 2.03 bits per heavy atom. The van der Waals surface area contributed by atoms with Crippen molar-refractivity contribution >= 4 is 11.9 Å². The highest BCUT2D eigenvalue weighted by molar-refractivity contribution is 5.95. The number of methoxy groups -OCH3 is 1. The second-order valence-corrected chi connectivity index (χ2v) is 9.21. The summed E-state index contributed by atoms with van der Waals surface area (Å²) < 4.78 is 11.1. The van der Waals surface area contributed by atoms with Gasteiger partial charge in [-0.2, -0.15) is 0 Å². The van der Waals surface area contributed by atoms with Crippen molar-refractivity contribution in [2.75, 3.05) is 33.8 Å². The molecule has 30 heavy (non-hydrogen) atoms. The van der Waals surface area contributed by atoms with Gasteiger partial charge in [-0.3, -0.25) is 9.69 Å². The molecule has 1 unspecified atom stereocenters. The number of ether oxygens (including phenoxy) is 2. The van der Waals surface area contributed by atoms with Crippen LogP contribution in [-0.2, 0) is 15.1 Å². The molecule has 1 saturated heterocycles. The first-order valence-electron chi connectivity index (χ1n) is 11.3. The van der Waals surface area contributed by atoms with Gasteiger partial charge in [0.05, 0.1) is 12.7 Å². The van der Waals surface area contributed by atoms with E-state index in [1.54, 1.807) is 13.2 Å². The van der Waals surface area contributed by atoms with E-state index in [-0.39, 0.29) is 17.8 Å². The molecule has 2 heterocycles. The fourth-order valence-corrected chi connectivity index (χ4v) is 5.40. The summed E-state index contributed by atoms with van der Waals surface area (Å²) in [4.78, 5) is 29.9. The first-order valence-corrected chi connectivity index (χ1v) is 11.3. The number of carbonyl (C=O) groups excluding carboxylic acids is 2. The summed E-state index contributed by atoms with van der Waals surface area (Å²) in [5, 5.41) is 0. The second kappa shape index (κ2) is 8.58. The summed E-state index contributed by atoms with van der Waals surface area (Å²) in [5.74, 6) is 0.631. The number of rotatable bonds is 5. The average molecular weight is 415 g/mol. The molecule has 2 aliphatic heterocycles. The molecule has 1 atom stereocenters. The Kier molecular flexibility index (Phi) is 6.05. The van der Waals surface area contributed by atoms with Crippen LogP contribution in [0.15, 0.2) is 18.2 Å². The van der Waals surface area contributed by atoms with Crippen LogP contribution in [-0.4, -0.2) is 61.5 Å². The van der Waals surface area contributed by atoms with Gasteiger partial charge in [-0.15, -0.1) is 0 Å². The molecule has 1 amide bonds. The SMILES string of the molecule is COc1ccc2c(c1)C(=O)O[C@]21CC[C@H](C(=O)N(C)CCN2CCCCC2C)CC1. The Labute approximate surface area is 179 Å². The highest BCUT2D eigenvalue weighted by atomic mass is 16.6. The van der Waals surface area contributed by atoms with Gasteiger partial charge in [-0.1, -0.05) is 12.5 Å². The fraction of sp³-hybridized carbons (Fsp3) is 0.667. The van der Waals surface area contributed by atoms with Crippen LogP contribution in [0.3, 0.4) is 0 Å². The van der Waals surface area contributed by atoms with Gasteiger partial charge in [-0.05, 0) is 64.1 Å². The largest absolute Gasteiger partial charge is 0.497 e. The van der Waals surface area contributed by atoms with Crippen LogP contribution < -0.4 is 4.74 Å². The van der Waals surface area contributed by atoms with Crippen LogP contribution in [0.5, 0.6) is 5.75 Å². The zero-order chi connectivity index (χ0) is 21.3. The molecule has 1 aromatic carbocycles. The summed E-state index contributed by atoms with van der Waals surface area (Å²) in [7, 11) is 3.52. The van der Waals surface area contributed by atoms with Crippen molar-refractivity contribution in [3.63, 3.8) is 0 Å². The first-order chi connectivity index (χ1) is 14.4. The van der Waals surface area contributed by atoms with E-state index in [1.165, 1.54) is 19.3 Å². The molecule has 6 nitrogen and oxygen atoms in total. The Hall–Kier alpha value is -2.08. The van der Waals surface area contributed by atoms with E-state index in [0.717, 1.165) is 38.0 Å². The summed E-state index contributed by atoms with van der Waals surface area (Å²) in [6, 6.07) is 6.22. The van der Waals surface area contributed by atoms with Gasteiger partial charge in [0.1, 0.15) is 11.4 Å². The van der Waals surface area contributed by atoms with Crippen molar-refractivity contribution in [2.24, 2.45) is 5.92 Å². The molecule has 0 radical (unpaired) electrons. The van der Waals surface area contributed by atoms with Crippen molar-refractivity contribution in [2.45, 2.75) is 63.5 Å². The minimum absolute atomic E-state index is 0.0143. The van der Waals surface area contributed by atoms with Crippen molar-refractivity contribution < 1.29 is 19.1 Å². The minimum Gasteiger partial charge on any atom is -0.497 e. The van der Waals surface area contributed by atoms with E-state index in [9.17, 15) is 9.59 Å². The average Bonchev–Trinajstić information content (AvgIpc) is 3.03. The van der Waals surface area contributed by atoms with Gasteiger partial charge in [0, 0.05) is 37.7 Å². The van der Waals surface area contributed by atoms with E-state index in [2.05, 4.69) is 11.8 Å². The maximum atomic E-state index is 13.0. The minimum atomic E-state index is -0.572. The topological polar surface area (TPSA) is 59.1 Å². The molecule has 0 bridgehead atoms. The van der Waals surface area contributed by atoms with Crippen LogP contribution >= 0.6 is 0 Å². The van der Waals surface area contributed by atoms with Gasteiger partial charge < -0.3 is 14.4 Å². The first kappa shape index (κ1) is 21.2. The second-order valence-electron chi connectivity index (χ2n) is 9.21. The standard InChI is InChI=1S/C24H34N2O4/c1-17-6-4-5-13-26(17)15-14-25(2)22(27)18-9-11-24(12-10-18)21-8-7-19(29-3)16-20(21)23(28)30-24/h7-8,16-18H,4-6,9-15H2,1-3H3/t17?,18-,24-. The summed E-state index contributed by atoms with van der Waals surface area (Å²) in [6.07, 6.45) is 6.74. The van der Waals surface area contributed by atoms with E-state index < -0.39 is 5.60 Å². The zero-order valence-corrected chi connectivity index (χ0v) is 18.5. The van der Waals surface area contributed by atoms with Crippen molar-refractivity contribution in [1.82, 2.24) is 9.80 Å². The molecule has 1 aromatic rings. The van der Waals surface area contributed by atoms with Crippen molar-refractivity contribution in [3.8, 4) is 5.75 Å². The number of likely N-dealkylation sites (tertiary alicyclic amines) is 1. The third-order valence-electron chi connectivity index (χ3n) is 7.41. The van der Waals surface area contributed by atoms with Crippen LogP contribution in [0.25, 0.3) is 0 Å². The molecule has 1 aliphatic carbocycles. The number of carbonyl (C=O) groups is 2. The number of nitrogens with zero attached hydrogens (tertiary/aromatic N) is 2. The number of hydrogen-bond acceptors (Lipinski definition) is 5. The highest BCUT2D eigenvalue weighted by Gasteiger charge is 2.48. The van der Waals surface area contributed by atoms with Crippen LogP contribution in [0.2, 0.25) is 0 Å². The van der Waals surface area contributed by atoms with Crippen molar-refractivity contribution in [1.29, 1.82) is 0 Å². The molecular formula is C24H34N2O4. The van der Waals surface area contributed by atoms with Crippen LogP contribution in [0, 0.1) is 5.92 Å². The van der Waals surface area contributed by atoms with Crippen LogP contribution in [0.4, 0.5) is 0 Å². The lowest BCUT2D eigenvalue weighted by molar-refractivity contribution is -0.137. The molecule has 1 saturated carbocycles. The monoisotopic (exact) mass is 414 g/mol. The van der Waals surface area contributed by atoms with Gasteiger partial charge in [0.15, 0.2) is 0 Å². The number of amides is 1. The Bertz CT molecular complexity index is 800. The maximum absolute atomic E-state index is 13.0. The normalized spacial score (nSPS) is 28.8. The molecular weight excluding hydrogens is 380 g/mol. The molecule has 2 fully saturated rings. The van der Waals surface area contributed by atoms with Gasteiger partial charge in [-0.25, -0.2) is 4.79 Å². The van der Waals surface area contributed by atoms with E-state index in [1.807, 2.05) is 24.1 Å². The predicted octanol–water partition coefficient (Wildman–Crippen LogP) is 3.58. The van der Waals surface area contributed by atoms with Gasteiger partial charge in [0.25, 0.3) is 0 Å². The molecule has 0 N–H and O–H groups in total. The molecule has 3 aliphatic rings. The molecule has 6 heteroatoms. The Morgan fingerprint density at radius 3 is 2.73 bits per heavy atom. The third kappa shape index (κ3) is 3.94. The van der Waals surface area contributed by atoms with Gasteiger partial charge >= 0.3 is 5.97 Å². The number of likely N-dealkylation sites (N-methyl/N-ethyl adjacent to an activating group) is 1. The van der Waals surface area contributed by atoms with Crippen molar-refractivity contribution in [3.05, 3.63) is 29.3 Å². The smallest absolute Gasteiger partial charge is 0.339 e. The Morgan fingerprint density at radius 1 is 1.27 bits per heavy atom. The van der Waals surface area contributed by atoms with Gasteiger partial charge in [0.2, 0.25) is 5.91 Å². The summed E-state index contributed by atoms with van der Waals surface area (Å²) in [5.41, 5.74) is 0.982. The molecule has 0 aromatic heterocycles. The lowest BCUT2D eigenvalue weighted by atomic mass is 9.74. The number of fused-ring (bicyclic) bond motifs is 2. The molecule has 164 valence electrons. The number of hydrogen-bond donors (Lipinski definition) is 0. The predicted molar refractivity (Wildman–Crippen MR) is 115 cm³/mol. The third-order valence-corrected chi connectivity index (χ3v) is 7.41. The molecule has 4 rings (SSSR count). The fourth-order valence-electron chi connectivity index (χ4n) is 5.40. The lowest BCUT2D eigenvalue weighted by Crippen LogP contribution is -2.45. The summed E-state index contributed by atoms with van der Waals surface area (Å²) >= 11 is 0. The zero-order valence-electron chi connectivity index (χ0n) is 18.5. The number of esters is 1. The number of benzene rings is 1. The number of piperidine rings is 1. The highest BCUT2D eigenvalue weighted by Crippen LogP contribution is 2.49. The Balaban J connectivity index is 1.34. The van der Waals surface area contributed by atoms with Crippen LogP contribution in [0.1, 0.15) is 67.8 Å². The van der Waals surface area contributed by atoms with E-state index >= 15 is 0 Å². The molecule has 1 spiro atoms. The quantitative estimate of drug-likeness (QED) is 0.689. The van der Waals surface area contributed by atoms with E-state index in [4.69, 9.17) is 9.47 Å².